The molecule has 2 N–H and O–H groups in total. The lowest BCUT2D eigenvalue weighted by molar-refractivity contribution is -0.0512. The minimum Gasteiger partial charge on any atom is -0.325 e. The zero-order valence-electron chi connectivity index (χ0n) is 11.1. The lowest BCUT2D eigenvalue weighted by Gasteiger charge is -2.56. The number of nitrogens with zero attached hydrogens (tertiary/aromatic N) is 3. The lowest BCUT2D eigenvalue weighted by atomic mass is 9.53. The van der Waals surface area contributed by atoms with Crippen molar-refractivity contribution < 1.29 is 0 Å². The van der Waals surface area contributed by atoms with Gasteiger partial charge in [0.05, 0.1) is 16.9 Å². The summed E-state index contributed by atoms with van der Waals surface area (Å²) in [5, 5.41) is 8.74. The number of hydrogen-bond acceptors (Lipinski definition) is 3. The number of hydrogen-bond donors (Lipinski definition) is 1. The Morgan fingerprint density at radius 1 is 1.17 bits per heavy atom. The number of nitrogens with two attached hydrogens (primary N) is 1. The first kappa shape index (κ1) is 11.0. The monoisotopic (exact) mass is 246 g/mol. The maximum atomic E-state index is 5.74. The molecular formula is C14H22N4. The Kier molecular flexibility index (Phi) is 2.17. The van der Waals surface area contributed by atoms with Gasteiger partial charge in [-0.3, -0.25) is 0 Å². The van der Waals surface area contributed by atoms with E-state index in [0.717, 1.165) is 23.4 Å². The maximum absolute atomic E-state index is 5.74. The Morgan fingerprint density at radius 2 is 1.72 bits per heavy atom. The van der Waals surface area contributed by atoms with E-state index in [4.69, 9.17) is 5.73 Å². The Morgan fingerprint density at radius 3 is 2.17 bits per heavy atom. The molecule has 0 aliphatic heterocycles. The van der Waals surface area contributed by atoms with E-state index in [1.807, 2.05) is 0 Å². The molecule has 4 bridgehead atoms. The van der Waals surface area contributed by atoms with Gasteiger partial charge in [-0.05, 0) is 63.2 Å². The molecule has 4 saturated carbocycles. The predicted molar refractivity (Wildman–Crippen MR) is 68.8 cm³/mol. The van der Waals surface area contributed by atoms with Crippen LogP contribution in [0.15, 0.2) is 0 Å². The van der Waals surface area contributed by atoms with Crippen LogP contribution in [0, 0.1) is 24.7 Å². The van der Waals surface area contributed by atoms with Gasteiger partial charge >= 0.3 is 0 Å². The normalized spacial score (nSPS) is 41.6. The van der Waals surface area contributed by atoms with Gasteiger partial charge in [0.1, 0.15) is 0 Å². The molecule has 1 heterocycles. The highest BCUT2D eigenvalue weighted by Gasteiger charge is 2.53. The minimum atomic E-state index is 0.291. The minimum absolute atomic E-state index is 0.291. The van der Waals surface area contributed by atoms with Crippen LogP contribution in [-0.2, 0) is 12.1 Å². The van der Waals surface area contributed by atoms with Gasteiger partial charge in [0.25, 0.3) is 0 Å². The van der Waals surface area contributed by atoms with Gasteiger partial charge < -0.3 is 5.73 Å². The van der Waals surface area contributed by atoms with Gasteiger partial charge in [-0.2, -0.15) is 0 Å². The van der Waals surface area contributed by atoms with Gasteiger partial charge in [0.15, 0.2) is 0 Å². The van der Waals surface area contributed by atoms with Crippen molar-refractivity contribution in [3.8, 4) is 0 Å². The SMILES string of the molecule is Cc1c(CN)nnn1C12CC3CC(CC(C3)C1)C2. The van der Waals surface area contributed by atoms with Crippen LogP contribution >= 0.6 is 0 Å². The first-order valence-electron chi connectivity index (χ1n) is 7.32. The molecule has 4 nitrogen and oxygen atoms in total. The molecule has 0 aromatic carbocycles. The van der Waals surface area contributed by atoms with Crippen molar-refractivity contribution in [2.24, 2.45) is 23.5 Å². The van der Waals surface area contributed by atoms with Crippen LogP contribution in [0.25, 0.3) is 0 Å². The van der Waals surface area contributed by atoms with E-state index < -0.39 is 0 Å². The van der Waals surface area contributed by atoms with E-state index in [2.05, 4.69) is 21.9 Å². The molecule has 4 aliphatic rings. The Balaban J connectivity index is 1.76. The molecule has 0 unspecified atom stereocenters. The molecule has 0 amide bonds. The number of aromatic nitrogens is 3. The quantitative estimate of drug-likeness (QED) is 0.868. The highest BCUT2D eigenvalue weighted by Crippen LogP contribution is 2.58. The second kappa shape index (κ2) is 3.56. The smallest absolute Gasteiger partial charge is 0.0992 e. The molecule has 0 atom stereocenters. The molecule has 1 aromatic rings. The van der Waals surface area contributed by atoms with Crippen LogP contribution in [0.4, 0.5) is 0 Å². The summed E-state index contributed by atoms with van der Waals surface area (Å²) in [5.74, 6) is 2.84. The van der Waals surface area contributed by atoms with E-state index in [1.54, 1.807) is 0 Å². The first-order chi connectivity index (χ1) is 8.70. The topological polar surface area (TPSA) is 56.7 Å². The molecule has 4 aliphatic carbocycles. The van der Waals surface area contributed by atoms with Crippen molar-refractivity contribution in [3.05, 3.63) is 11.4 Å². The molecule has 98 valence electrons. The predicted octanol–water partition coefficient (Wildman–Crippen LogP) is 1.97. The first-order valence-corrected chi connectivity index (χ1v) is 7.32. The van der Waals surface area contributed by atoms with E-state index in [0.29, 0.717) is 12.1 Å². The van der Waals surface area contributed by atoms with Crippen molar-refractivity contribution in [2.45, 2.75) is 57.5 Å². The van der Waals surface area contributed by atoms with E-state index in [9.17, 15) is 0 Å². The van der Waals surface area contributed by atoms with Crippen LogP contribution in [0.1, 0.15) is 49.9 Å². The number of rotatable bonds is 2. The summed E-state index contributed by atoms with van der Waals surface area (Å²) in [7, 11) is 0. The van der Waals surface area contributed by atoms with Crippen LogP contribution in [0.5, 0.6) is 0 Å². The summed E-state index contributed by atoms with van der Waals surface area (Å²) in [5.41, 5.74) is 8.22. The Hall–Kier alpha value is -0.900. The lowest BCUT2D eigenvalue weighted by Crippen LogP contribution is -2.52. The third-order valence-electron chi connectivity index (χ3n) is 5.64. The van der Waals surface area contributed by atoms with Crippen LogP contribution in [-0.4, -0.2) is 15.0 Å². The Labute approximate surface area is 108 Å². The van der Waals surface area contributed by atoms with Crippen molar-refractivity contribution in [1.29, 1.82) is 0 Å². The Bertz CT molecular complexity index is 441. The fraction of sp³-hybridized carbons (Fsp3) is 0.857. The standard InChI is InChI=1S/C14H22N4/c1-9-13(8-15)16-17-18(9)14-5-10-2-11(6-14)4-12(3-10)7-14/h10-12H,2-8,15H2,1H3. The average Bonchev–Trinajstić information content (AvgIpc) is 2.69. The summed E-state index contributed by atoms with van der Waals surface area (Å²) in [6.45, 7) is 2.65. The van der Waals surface area contributed by atoms with Crippen molar-refractivity contribution in [3.63, 3.8) is 0 Å². The van der Waals surface area contributed by atoms with Gasteiger partial charge in [-0.15, -0.1) is 5.10 Å². The molecule has 0 spiro atoms. The van der Waals surface area contributed by atoms with E-state index in [-0.39, 0.29) is 0 Å². The summed E-state index contributed by atoms with van der Waals surface area (Å²) < 4.78 is 2.25. The van der Waals surface area contributed by atoms with Gasteiger partial charge in [0.2, 0.25) is 0 Å². The zero-order valence-corrected chi connectivity index (χ0v) is 11.1. The van der Waals surface area contributed by atoms with Crippen molar-refractivity contribution in [2.75, 3.05) is 0 Å². The molecular weight excluding hydrogens is 224 g/mol. The highest BCUT2D eigenvalue weighted by atomic mass is 15.5. The molecule has 18 heavy (non-hydrogen) atoms. The molecule has 5 rings (SSSR count). The van der Waals surface area contributed by atoms with Gasteiger partial charge in [-0.1, -0.05) is 5.21 Å². The van der Waals surface area contributed by atoms with Crippen LogP contribution in [0.2, 0.25) is 0 Å². The molecule has 0 radical (unpaired) electrons. The molecule has 1 aromatic heterocycles. The summed E-state index contributed by atoms with van der Waals surface area (Å²) in [4.78, 5) is 0. The average molecular weight is 246 g/mol. The fourth-order valence-corrected chi connectivity index (χ4v) is 5.32. The van der Waals surface area contributed by atoms with Crippen molar-refractivity contribution >= 4 is 0 Å². The fourth-order valence-electron chi connectivity index (χ4n) is 5.32. The zero-order chi connectivity index (χ0) is 12.3. The summed E-state index contributed by atoms with van der Waals surface area (Å²) >= 11 is 0. The maximum Gasteiger partial charge on any atom is 0.0992 e. The molecule has 0 saturated heterocycles. The third kappa shape index (κ3) is 1.35. The van der Waals surface area contributed by atoms with Crippen LogP contribution < -0.4 is 5.73 Å². The van der Waals surface area contributed by atoms with Gasteiger partial charge in [-0.25, -0.2) is 4.68 Å². The van der Waals surface area contributed by atoms with Crippen LogP contribution in [0.3, 0.4) is 0 Å². The highest BCUT2D eigenvalue weighted by molar-refractivity contribution is 5.13. The van der Waals surface area contributed by atoms with Gasteiger partial charge in [0, 0.05) is 6.54 Å². The summed E-state index contributed by atoms with van der Waals surface area (Å²) in [6, 6.07) is 0. The largest absolute Gasteiger partial charge is 0.325 e. The third-order valence-corrected chi connectivity index (χ3v) is 5.64. The second-order valence-corrected chi connectivity index (χ2v) is 6.88. The van der Waals surface area contributed by atoms with E-state index >= 15 is 0 Å². The molecule has 4 heteroatoms. The van der Waals surface area contributed by atoms with E-state index in [1.165, 1.54) is 44.2 Å². The second-order valence-electron chi connectivity index (χ2n) is 6.88. The van der Waals surface area contributed by atoms with Crippen molar-refractivity contribution in [1.82, 2.24) is 15.0 Å². The molecule has 4 fully saturated rings. The summed E-state index contributed by atoms with van der Waals surface area (Å²) in [6.07, 6.45) is 8.39.